The molecule has 20 heavy (non-hydrogen) atoms. The minimum absolute atomic E-state index is 0.0000102. The van der Waals surface area contributed by atoms with Crippen molar-refractivity contribution < 1.29 is 18.0 Å². The summed E-state index contributed by atoms with van der Waals surface area (Å²) in [7, 11) is 0. The highest BCUT2D eigenvalue weighted by molar-refractivity contribution is 5.73. The zero-order valence-corrected chi connectivity index (χ0v) is 10.2. The molecule has 0 aliphatic heterocycles. The van der Waals surface area contributed by atoms with E-state index >= 15 is 0 Å². The molecular formula is C10H11F3N6O. The van der Waals surface area contributed by atoms with Crippen molar-refractivity contribution in [2.45, 2.75) is 19.0 Å². The van der Waals surface area contributed by atoms with Crippen LogP contribution in [0.3, 0.4) is 0 Å². The van der Waals surface area contributed by atoms with Gasteiger partial charge in [-0.05, 0) is 18.6 Å². The molecule has 2 aromatic heterocycles. The van der Waals surface area contributed by atoms with Crippen LogP contribution in [0.4, 0.5) is 19.0 Å². The van der Waals surface area contributed by atoms with Gasteiger partial charge in [-0.3, -0.25) is 4.79 Å². The number of fused-ring (bicyclic) bond motifs is 1. The number of hydrogen-bond donors (Lipinski definition) is 2. The molecule has 0 unspecified atom stereocenters. The zero-order valence-electron chi connectivity index (χ0n) is 10.2. The lowest BCUT2D eigenvalue weighted by Crippen LogP contribution is -2.15. The summed E-state index contributed by atoms with van der Waals surface area (Å²) in [5.74, 6) is -1.39. The number of rotatable bonds is 5. The molecule has 7 nitrogen and oxygen atoms in total. The molecule has 2 rings (SSSR count). The summed E-state index contributed by atoms with van der Waals surface area (Å²) in [5, 5.41) is 13.0. The fraction of sp³-hybridized carbons (Fsp3) is 0.400. The third kappa shape index (κ3) is 3.13. The average molecular weight is 288 g/mol. The number of aromatic nitrogens is 4. The summed E-state index contributed by atoms with van der Waals surface area (Å²) in [6.45, 7) is 0.366. The van der Waals surface area contributed by atoms with Crippen molar-refractivity contribution in [3.8, 4) is 0 Å². The second-order valence-electron chi connectivity index (χ2n) is 4.01. The van der Waals surface area contributed by atoms with Gasteiger partial charge in [0.25, 0.3) is 5.82 Å². The highest BCUT2D eigenvalue weighted by Gasteiger charge is 2.37. The number of anilines is 1. The van der Waals surface area contributed by atoms with Crippen LogP contribution in [0.25, 0.3) is 5.65 Å². The van der Waals surface area contributed by atoms with Crippen molar-refractivity contribution in [2.24, 2.45) is 5.73 Å². The van der Waals surface area contributed by atoms with E-state index in [1.54, 1.807) is 0 Å². The number of nitrogens with zero attached hydrogens (tertiary/aromatic N) is 4. The molecule has 2 heterocycles. The van der Waals surface area contributed by atoms with Crippen LogP contribution in [0.2, 0.25) is 0 Å². The van der Waals surface area contributed by atoms with Crippen molar-refractivity contribution in [2.75, 3.05) is 11.9 Å². The molecule has 0 aromatic carbocycles. The van der Waals surface area contributed by atoms with Gasteiger partial charge >= 0.3 is 6.18 Å². The number of amides is 1. The molecule has 0 radical (unpaired) electrons. The van der Waals surface area contributed by atoms with Gasteiger partial charge < -0.3 is 11.1 Å². The number of nitrogens with two attached hydrogens (primary N) is 1. The average Bonchev–Trinajstić information content (AvgIpc) is 2.77. The fourth-order valence-corrected chi connectivity index (χ4v) is 1.54. The maximum atomic E-state index is 12.6. The fourth-order valence-electron chi connectivity index (χ4n) is 1.54. The van der Waals surface area contributed by atoms with Gasteiger partial charge in [-0.2, -0.15) is 17.7 Å². The molecular weight excluding hydrogens is 277 g/mol. The second-order valence-corrected chi connectivity index (χ2v) is 4.01. The molecule has 0 fully saturated rings. The second kappa shape index (κ2) is 5.31. The van der Waals surface area contributed by atoms with Gasteiger partial charge in [0.15, 0.2) is 5.65 Å². The maximum Gasteiger partial charge on any atom is 0.453 e. The molecule has 0 bridgehead atoms. The monoisotopic (exact) mass is 288 g/mol. The summed E-state index contributed by atoms with van der Waals surface area (Å²) in [6.07, 6.45) is -3.98. The molecule has 0 aliphatic rings. The van der Waals surface area contributed by atoms with Crippen LogP contribution in [-0.2, 0) is 11.0 Å². The number of primary amides is 1. The van der Waals surface area contributed by atoms with Crippen LogP contribution >= 0.6 is 0 Å². The van der Waals surface area contributed by atoms with Gasteiger partial charge in [-0.25, -0.2) is 0 Å². The van der Waals surface area contributed by atoms with Crippen LogP contribution in [0, 0.1) is 0 Å². The highest BCUT2D eigenvalue weighted by Crippen LogP contribution is 2.27. The molecule has 0 saturated heterocycles. The van der Waals surface area contributed by atoms with E-state index in [-0.39, 0.29) is 17.9 Å². The number of carbonyl (C=O) groups excluding carboxylic acids is 1. The third-order valence-corrected chi connectivity index (χ3v) is 2.42. The molecule has 0 atom stereocenters. The standard InChI is InChI=1S/C10H11F3N6O/c11-10(12,13)9-17-16-8-4-3-7(18-19(8)9)15-5-1-2-6(14)20/h3-4H,1-2,5H2,(H2,14,20)(H,15,18). The van der Waals surface area contributed by atoms with Crippen LogP contribution in [0.1, 0.15) is 18.7 Å². The Hall–Kier alpha value is -2.39. The zero-order chi connectivity index (χ0) is 14.8. The predicted octanol–water partition coefficient (Wildman–Crippen LogP) is 0.820. The number of alkyl halides is 3. The van der Waals surface area contributed by atoms with Gasteiger partial charge in [-0.1, -0.05) is 0 Å². The first-order chi connectivity index (χ1) is 9.38. The summed E-state index contributed by atoms with van der Waals surface area (Å²) in [4.78, 5) is 10.5. The highest BCUT2D eigenvalue weighted by atomic mass is 19.4. The van der Waals surface area contributed by atoms with Crippen molar-refractivity contribution in [1.82, 2.24) is 19.8 Å². The minimum Gasteiger partial charge on any atom is -0.370 e. The predicted molar refractivity (Wildman–Crippen MR) is 62.7 cm³/mol. The first-order valence-corrected chi connectivity index (χ1v) is 5.70. The van der Waals surface area contributed by atoms with E-state index in [0.29, 0.717) is 17.5 Å². The van der Waals surface area contributed by atoms with Gasteiger partial charge in [0, 0.05) is 13.0 Å². The lowest BCUT2D eigenvalue weighted by molar-refractivity contribution is -0.146. The lowest BCUT2D eigenvalue weighted by atomic mass is 10.3. The van der Waals surface area contributed by atoms with Crippen molar-refractivity contribution in [1.29, 1.82) is 0 Å². The number of carbonyl (C=O) groups is 1. The normalized spacial score (nSPS) is 11.8. The topological polar surface area (TPSA) is 98.2 Å². The minimum atomic E-state index is -4.63. The number of hydrogen-bond acceptors (Lipinski definition) is 5. The first kappa shape index (κ1) is 14.0. The van der Waals surface area contributed by atoms with E-state index in [0.717, 1.165) is 0 Å². The van der Waals surface area contributed by atoms with Gasteiger partial charge in [0.2, 0.25) is 5.91 Å². The summed E-state index contributed by atoms with van der Waals surface area (Å²) in [6, 6.07) is 2.85. The Balaban J connectivity index is 2.14. The molecule has 0 aliphatic carbocycles. The Morgan fingerprint density at radius 3 is 2.75 bits per heavy atom. The van der Waals surface area contributed by atoms with Crippen LogP contribution in [0.5, 0.6) is 0 Å². The largest absolute Gasteiger partial charge is 0.453 e. The SMILES string of the molecule is NC(=O)CCCNc1ccc2nnc(C(F)(F)F)n2n1. The van der Waals surface area contributed by atoms with Crippen molar-refractivity contribution in [3.05, 3.63) is 18.0 Å². The van der Waals surface area contributed by atoms with Gasteiger partial charge in [0.05, 0.1) is 0 Å². The summed E-state index contributed by atoms with van der Waals surface area (Å²) < 4.78 is 38.6. The molecule has 108 valence electrons. The number of nitrogens with one attached hydrogen (secondary N) is 1. The van der Waals surface area contributed by atoms with Crippen LogP contribution < -0.4 is 11.1 Å². The third-order valence-electron chi connectivity index (χ3n) is 2.42. The van der Waals surface area contributed by atoms with E-state index in [4.69, 9.17) is 5.73 Å². The Bertz CT molecular complexity index is 623. The smallest absolute Gasteiger partial charge is 0.370 e. The van der Waals surface area contributed by atoms with E-state index in [1.165, 1.54) is 12.1 Å². The Kier molecular flexibility index (Phi) is 3.72. The van der Waals surface area contributed by atoms with Gasteiger partial charge in [0.1, 0.15) is 5.82 Å². The molecule has 10 heteroatoms. The number of halogens is 3. The molecule has 0 spiro atoms. The Morgan fingerprint density at radius 2 is 2.10 bits per heavy atom. The van der Waals surface area contributed by atoms with E-state index in [2.05, 4.69) is 20.6 Å². The molecule has 3 N–H and O–H groups in total. The summed E-state index contributed by atoms with van der Waals surface area (Å²) >= 11 is 0. The molecule has 0 saturated carbocycles. The van der Waals surface area contributed by atoms with Crippen LogP contribution in [0.15, 0.2) is 12.1 Å². The van der Waals surface area contributed by atoms with Crippen molar-refractivity contribution in [3.63, 3.8) is 0 Å². The maximum absolute atomic E-state index is 12.6. The first-order valence-electron chi connectivity index (χ1n) is 5.70. The summed E-state index contributed by atoms with van der Waals surface area (Å²) in [5.41, 5.74) is 4.97. The van der Waals surface area contributed by atoms with Gasteiger partial charge in [-0.15, -0.1) is 15.3 Å². The lowest BCUT2D eigenvalue weighted by Gasteiger charge is -2.06. The Labute approximate surface area is 111 Å². The molecule has 2 aromatic rings. The van der Waals surface area contributed by atoms with E-state index < -0.39 is 17.9 Å². The van der Waals surface area contributed by atoms with E-state index in [1.807, 2.05) is 0 Å². The Morgan fingerprint density at radius 1 is 1.35 bits per heavy atom. The molecule has 1 amide bonds. The quantitative estimate of drug-likeness (QED) is 0.794. The van der Waals surface area contributed by atoms with Crippen molar-refractivity contribution >= 4 is 17.4 Å². The van der Waals surface area contributed by atoms with E-state index in [9.17, 15) is 18.0 Å². The van der Waals surface area contributed by atoms with Crippen LogP contribution in [-0.4, -0.2) is 32.3 Å².